The molecule has 2 fully saturated rings. The summed E-state index contributed by atoms with van der Waals surface area (Å²) in [6, 6.07) is -0.358. The summed E-state index contributed by atoms with van der Waals surface area (Å²) in [5, 5.41) is 9.39. The van der Waals surface area contributed by atoms with E-state index >= 15 is 0 Å². The quantitative estimate of drug-likeness (QED) is 0.779. The number of hydrogen-bond donors (Lipinski definition) is 1. The number of hydrogen-bond acceptors (Lipinski definition) is 3. The van der Waals surface area contributed by atoms with Crippen LogP contribution < -0.4 is 0 Å². The number of nitrogens with zero attached hydrogens (tertiary/aromatic N) is 1. The smallest absolute Gasteiger partial charge is 0.230 e. The standard InChI is InChI=1S/C14H23NO3/c1-10(2)11(9-16)15-12(17)7-14(8-13(15)18)5-3-4-6-14/h10-11,16H,3-9H2,1-2H3/t11-/m0/s1. The molecule has 4 nitrogen and oxygen atoms in total. The summed E-state index contributed by atoms with van der Waals surface area (Å²) in [6.45, 7) is 3.73. The highest BCUT2D eigenvalue weighted by Crippen LogP contribution is 2.47. The number of piperidine rings is 1. The van der Waals surface area contributed by atoms with Gasteiger partial charge in [-0.1, -0.05) is 26.7 Å². The Morgan fingerprint density at radius 3 is 2.06 bits per heavy atom. The van der Waals surface area contributed by atoms with E-state index in [1.54, 1.807) is 0 Å². The van der Waals surface area contributed by atoms with Gasteiger partial charge >= 0.3 is 0 Å². The number of rotatable bonds is 3. The summed E-state index contributed by atoms with van der Waals surface area (Å²) in [5.41, 5.74) is -0.0539. The molecule has 1 spiro atoms. The molecule has 2 rings (SSSR count). The number of aliphatic hydroxyl groups is 1. The van der Waals surface area contributed by atoms with Crippen LogP contribution in [0.5, 0.6) is 0 Å². The second kappa shape index (κ2) is 5.00. The third-order valence-electron chi connectivity index (χ3n) is 4.54. The fraction of sp³-hybridized carbons (Fsp3) is 0.857. The van der Waals surface area contributed by atoms with Crippen molar-refractivity contribution in [2.75, 3.05) is 6.61 Å². The number of amides is 2. The first-order valence-electron chi connectivity index (χ1n) is 6.95. The molecule has 2 amide bonds. The molecule has 1 aliphatic carbocycles. The molecule has 0 aromatic carbocycles. The van der Waals surface area contributed by atoms with Gasteiger partial charge in [0, 0.05) is 12.8 Å². The van der Waals surface area contributed by atoms with Crippen LogP contribution >= 0.6 is 0 Å². The molecule has 18 heavy (non-hydrogen) atoms. The average Bonchev–Trinajstić information content (AvgIpc) is 2.70. The lowest BCUT2D eigenvalue weighted by Gasteiger charge is -2.41. The Kier molecular flexibility index (Phi) is 3.76. The molecule has 4 heteroatoms. The van der Waals surface area contributed by atoms with E-state index in [9.17, 15) is 14.7 Å². The largest absolute Gasteiger partial charge is 0.394 e. The van der Waals surface area contributed by atoms with E-state index in [1.807, 2.05) is 13.8 Å². The van der Waals surface area contributed by atoms with E-state index in [1.165, 1.54) is 4.90 Å². The van der Waals surface area contributed by atoms with Gasteiger partial charge < -0.3 is 5.11 Å². The third-order valence-corrected chi connectivity index (χ3v) is 4.54. The second-order valence-corrected chi connectivity index (χ2v) is 6.21. The zero-order valence-electron chi connectivity index (χ0n) is 11.3. The number of imide groups is 1. The van der Waals surface area contributed by atoms with Crippen molar-refractivity contribution in [1.82, 2.24) is 4.90 Å². The van der Waals surface area contributed by atoms with Gasteiger partial charge in [-0.3, -0.25) is 14.5 Å². The Hall–Kier alpha value is -0.900. The molecule has 0 bridgehead atoms. The summed E-state index contributed by atoms with van der Waals surface area (Å²) < 4.78 is 0. The van der Waals surface area contributed by atoms with E-state index in [2.05, 4.69) is 0 Å². The van der Waals surface area contributed by atoms with Crippen LogP contribution in [0.4, 0.5) is 0 Å². The molecule has 1 atom stereocenters. The SMILES string of the molecule is CC(C)[C@H](CO)N1C(=O)CC2(CCCC2)CC1=O. The summed E-state index contributed by atoms with van der Waals surface area (Å²) in [6.07, 6.45) is 5.25. The first kappa shape index (κ1) is 13.5. The highest BCUT2D eigenvalue weighted by atomic mass is 16.3. The maximum atomic E-state index is 12.3. The maximum Gasteiger partial charge on any atom is 0.230 e. The fourth-order valence-corrected chi connectivity index (χ4v) is 3.45. The molecule has 2 aliphatic rings. The van der Waals surface area contributed by atoms with Gasteiger partial charge in [0.15, 0.2) is 0 Å². The van der Waals surface area contributed by atoms with Crippen molar-refractivity contribution >= 4 is 11.8 Å². The lowest BCUT2D eigenvalue weighted by molar-refractivity contribution is -0.158. The van der Waals surface area contributed by atoms with Crippen molar-refractivity contribution in [2.24, 2.45) is 11.3 Å². The van der Waals surface area contributed by atoms with Crippen molar-refractivity contribution in [3.63, 3.8) is 0 Å². The monoisotopic (exact) mass is 253 g/mol. The molecule has 0 aromatic heterocycles. The number of carbonyl (C=O) groups is 2. The van der Waals surface area contributed by atoms with Crippen LogP contribution in [0.1, 0.15) is 52.4 Å². The van der Waals surface area contributed by atoms with Crippen LogP contribution in [0, 0.1) is 11.3 Å². The van der Waals surface area contributed by atoms with Crippen molar-refractivity contribution in [3.8, 4) is 0 Å². The molecule has 1 saturated heterocycles. The van der Waals surface area contributed by atoms with Crippen LogP contribution in [0.3, 0.4) is 0 Å². The van der Waals surface area contributed by atoms with Crippen LogP contribution in [-0.2, 0) is 9.59 Å². The minimum absolute atomic E-state index is 0.0539. The Balaban J connectivity index is 2.16. The van der Waals surface area contributed by atoms with Crippen LogP contribution in [0.15, 0.2) is 0 Å². The lowest BCUT2D eigenvalue weighted by atomic mass is 9.75. The number of carbonyl (C=O) groups excluding carboxylic acids is 2. The average molecular weight is 253 g/mol. The Labute approximate surface area is 108 Å². The molecule has 1 N–H and O–H groups in total. The summed E-state index contributed by atoms with van der Waals surface area (Å²) in [5.74, 6) is -0.0673. The van der Waals surface area contributed by atoms with Crippen LogP contribution in [0.2, 0.25) is 0 Å². The molecule has 0 radical (unpaired) electrons. The Bertz CT molecular complexity index is 325. The van der Waals surface area contributed by atoms with Crippen molar-refractivity contribution < 1.29 is 14.7 Å². The van der Waals surface area contributed by atoms with Gasteiger partial charge in [0.25, 0.3) is 0 Å². The maximum absolute atomic E-state index is 12.3. The molecule has 1 heterocycles. The summed E-state index contributed by atoms with van der Waals surface area (Å²) in [4.78, 5) is 25.9. The summed E-state index contributed by atoms with van der Waals surface area (Å²) >= 11 is 0. The predicted molar refractivity (Wildman–Crippen MR) is 67.7 cm³/mol. The minimum Gasteiger partial charge on any atom is -0.394 e. The molecule has 0 aromatic rings. The van der Waals surface area contributed by atoms with Gasteiger partial charge in [0.2, 0.25) is 11.8 Å². The van der Waals surface area contributed by atoms with Gasteiger partial charge in [-0.05, 0) is 24.2 Å². The van der Waals surface area contributed by atoms with Gasteiger partial charge in [-0.15, -0.1) is 0 Å². The van der Waals surface area contributed by atoms with Crippen molar-refractivity contribution in [2.45, 2.75) is 58.4 Å². The van der Waals surface area contributed by atoms with Crippen molar-refractivity contribution in [3.05, 3.63) is 0 Å². The van der Waals surface area contributed by atoms with Crippen LogP contribution in [-0.4, -0.2) is 34.5 Å². The van der Waals surface area contributed by atoms with E-state index in [-0.39, 0.29) is 35.8 Å². The van der Waals surface area contributed by atoms with E-state index in [0.717, 1.165) is 25.7 Å². The first-order valence-corrected chi connectivity index (χ1v) is 6.95. The Morgan fingerprint density at radius 2 is 1.67 bits per heavy atom. The van der Waals surface area contributed by atoms with Crippen LogP contribution in [0.25, 0.3) is 0 Å². The van der Waals surface area contributed by atoms with Gasteiger partial charge in [-0.2, -0.15) is 0 Å². The van der Waals surface area contributed by atoms with E-state index in [0.29, 0.717) is 12.8 Å². The summed E-state index contributed by atoms with van der Waals surface area (Å²) in [7, 11) is 0. The molecular weight excluding hydrogens is 230 g/mol. The zero-order chi connectivity index (χ0) is 13.3. The fourth-order valence-electron chi connectivity index (χ4n) is 3.45. The molecule has 1 aliphatic heterocycles. The van der Waals surface area contributed by atoms with Gasteiger partial charge in [0.1, 0.15) is 0 Å². The minimum atomic E-state index is -0.358. The predicted octanol–water partition coefficient (Wildman–Crippen LogP) is 1.71. The molecule has 1 saturated carbocycles. The lowest BCUT2D eigenvalue weighted by Crippen LogP contribution is -2.54. The molecular formula is C14H23NO3. The topological polar surface area (TPSA) is 57.6 Å². The number of aliphatic hydroxyl groups excluding tert-OH is 1. The second-order valence-electron chi connectivity index (χ2n) is 6.21. The van der Waals surface area contributed by atoms with Gasteiger partial charge in [-0.25, -0.2) is 0 Å². The third kappa shape index (κ3) is 2.30. The highest BCUT2D eigenvalue weighted by molar-refractivity contribution is 5.99. The molecule has 0 unspecified atom stereocenters. The zero-order valence-corrected chi connectivity index (χ0v) is 11.3. The van der Waals surface area contributed by atoms with E-state index in [4.69, 9.17) is 0 Å². The van der Waals surface area contributed by atoms with E-state index < -0.39 is 0 Å². The molecule has 102 valence electrons. The van der Waals surface area contributed by atoms with Gasteiger partial charge in [0.05, 0.1) is 12.6 Å². The Morgan fingerprint density at radius 1 is 1.17 bits per heavy atom. The van der Waals surface area contributed by atoms with Crippen molar-refractivity contribution in [1.29, 1.82) is 0 Å². The number of likely N-dealkylation sites (tertiary alicyclic amines) is 1. The first-order chi connectivity index (χ1) is 8.49. The normalized spacial score (nSPS) is 25.2. The highest BCUT2D eigenvalue weighted by Gasteiger charge is 2.47.